The van der Waals surface area contributed by atoms with Gasteiger partial charge in [-0.15, -0.1) is 0 Å². The number of carbonyl (C=O) groups excluding carboxylic acids is 2. The number of unbranched alkanes of at least 4 members (excludes halogenated alkanes) is 1. The topological polar surface area (TPSA) is 175 Å². The number of aliphatic hydroxyl groups excluding tert-OH is 1. The fraction of sp³-hybridized carbons (Fsp3) is 0.632. The number of rotatable bonds is 13. The van der Waals surface area contributed by atoms with E-state index in [0.29, 0.717) is 31.8 Å². The molecule has 0 fully saturated rings. The zero-order valence-corrected chi connectivity index (χ0v) is 18.9. The number of aliphatic hydroxyl groups is 1. The van der Waals surface area contributed by atoms with Gasteiger partial charge in [-0.3, -0.25) is 14.6 Å². The van der Waals surface area contributed by atoms with Crippen molar-refractivity contribution in [2.45, 2.75) is 44.7 Å². The molecule has 2 unspecified atom stereocenters. The predicted molar refractivity (Wildman–Crippen MR) is 120 cm³/mol. The number of amides is 2. The van der Waals surface area contributed by atoms with E-state index in [1.807, 2.05) is 25.2 Å². The molecule has 0 spiro atoms. The quantitative estimate of drug-likeness (QED) is 0.143. The Morgan fingerprint density at radius 3 is 2.68 bits per heavy atom. The van der Waals surface area contributed by atoms with Crippen molar-refractivity contribution in [3.8, 4) is 0 Å². The van der Waals surface area contributed by atoms with Crippen LogP contribution in [0.5, 0.6) is 0 Å². The molecule has 1 aliphatic rings. The van der Waals surface area contributed by atoms with Gasteiger partial charge in [-0.1, -0.05) is 31.6 Å². The Hall–Kier alpha value is -2.44. The number of hydrogen-bond donors (Lipinski definition) is 6. The van der Waals surface area contributed by atoms with E-state index in [1.165, 1.54) is 0 Å². The molecule has 0 saturated carbocycles. The van der Waals surface area contributed by atoms with E-state index < -0.39 is 27.9 Å². The van der Waals surface area contributed by atoms with Crippen molar-refractivity contribution in [3.63, 3.8) is 0 Å². The first-order valence-electron chi connectivity index (χ1n) is 10.2. The number of sulfonamides is 1. The Bertz CT molecular complexity index is 794. The van der Waals surface area contributed by atoms with Crippen LogP contribution in [-0.4, -0.2) is 75.9 Å². The summed E-state index contributed by atoms with van der Waals surface area (Å²) in [7, 11) is -2.05. The van der Waals surface area contributed by atoms with E-state index in [0.717, 1.165) is 5.57 Å². The summed E-state index contributed by atoms with van der Waals surface area (Å²) >= 11 is 0. The number of guanidine groups is 1. The lowest BCUT2D eigenvalue weighted by Crippen LogP contribution is -2.49. The van der Waals surface area contributed by atoms with Gasteiger partial charge in [0.2, 0.25) is 21.8 Å². The van der Waals surface area contributed by atoms with Crippen molar-refractivity contribution >= 4 is 27.8 Å². The highest BCUT2D eigenvalue weighted by molar-refractivity contribution is 7.89. The average Bonchev–Trinajstić information content (AvgIpc) is 2.75. The highest BCUT2D eigenvalue weighted by atomic mass is 32.2. The van der Waals surface area contributed by atoms with E-state index in [2.05, 4.69) is 25.7 Å². The molecule has 0 aromatic rings. The molecule has 7 N–H and O–H groups in total. The van der Waals surface area contributed by atoms with Gasteiger partial charge in [0.15, 0.2) is 5.96 Å². The summed E-state index contributed by atoms with van der Waals surface area (Å²) in [5.74, 6) is -0.828. The average molecular weight is 459 g/mol. The van der Waals surface area contributed by atoms with Crippen LogP contribution in [0.2, 0.25) is 0 Å². The maximum absolute atomic E-state index is 12.3. The van der Waals surface area contributed by atoms with E-state index in [4.69, 9.17) is 10.8 Å². The minimum Gasteiger partial charge on any atom is -0.396 e. The maximum Gasteiger partial charge on any atom is 0.239 e. The summed E-state index contributed by atoms with van der Waals surface area (Å²) in [5, 5.41) is 17.2. The number of nitrogens with zero attached hydrogens (tertiary/aromatic N) is 1. The van der Waals surface area contributed by atoms with Crippen molar-refractivity contribution in [2.24, 2.45) is 10.7 Å². The van der Waals surface area contributed by atoms with Gasteiger partial charge in [0.1, 0.15) is 6.04 Å². The fourth-order valence-electron chi connectivity index (χ4n) is 2.69. The number of aliphatic imine (C=N–C) groups is 1. The zero-order chi connectivity index (χ0) is 23.3. The van der Waals surface area contributed by atoms with Crippen LogP contribution in [0.1, 0.15) is 32.6 Å². The second-order valence-corrected chi connectivity index (χ2v) is 8.96. The SMILES string of the molecule is CCCCS(=O)(=O)NC(CCO)C(=O)NCC(=O)NCC1=CCC(NC(N)=NC)C=C1. The Morgan fingerprint density at radius 1 is 1.35 bits per heavy atom. The lowest BCUT2D eigenvalue weighted by atomic mass is 10.0. The monoisotopic (exact) mass is 458 g/mol. The summed E-state index contributed by atoms with van der Waals surface area (Å²) in [5.41, 5.74) is 6.54. The molecule has 0 aromatic heterocycles. The number of nitrogens with two attached hydrogens (primary N) is 1. The lowest BCUT2D eigenvalue weighted by molar-refractivity contribution is -0.127. The van der Waals surface area contributed by atoms with E-state index in [9.17, 15) is 18.0 Å². The van der Waals surface area contributed by atoms with Crippen LogP contribution in [0, 0.1) is 0 Å². The third-order valence-electron chi connectivity index (χ3n) is 4.49. The normalized spacial score (nSPS) is 17.6. The van der Waals surface area contributed by atoms with Crippen molar-refractivity contribution < 1.29 is 23.1 Å². The van der Waals surface area contributed by atoms with Crippen molar-refractivity contribution in [1.29, 1.82) is 0 Å². The molecule has 31 heavy (non-hydrogen) atoms. The molecule has 11 nitrogen and oxygen atoms in total. The molecule has 0 aromatic carbocycles. The van der Waals surface area contributed by atoms with Crippen molar-refractivity contribution in [3.05, 3.63) is 23.8 Å². The van der Waals surface area contributed by atoms with Crippen LogP contribution in [0.25, 0.3) is 0 Å². The highest BCUT2D eigenvalue weighted by Gasteiger charge is 2.24. The third-order valence-corrected chi connectivity index (χ3v) is 5.96. The Kier molecular flexibility index (Phi) is 11.8. The molecule has 0 aliphatic heterocycles. The van der Waals surface area contributed by atoms with Crippen molar-refractivity contribution in [1.82, 2.24) is 20.7 Å². The standard InChI is InChI=1S/C19H34N6O5S/c1-3-4-11-31(29,30)25-16(9-10-26)18(28)23-13-17(27)22-12-14-5-7-15(8-6-14)24-19(20)21-2/h5-7,15-16,25-26H,3-4,8-13H2,1-2H3,(H,22,27)(H,23,28)(H3,20,21,24). The molecule has 0 heterocycles. The third kappa shape index (κ3) is 10.9. The van der Waals surface area contributed by atoms with Gasteiger partial charge in [-0.05, 0) is 24.8 Å². The van der Waals surface area contributed by atoms with E-state index in [-0.39, 0.29) is 31.4 Å². The molecule has 12 heteroatoms. The van der Waals surface area contributed by atoms with Gasteiger partial charge in [-0.2, -0.15) is 0 Å². The first kappa shape index (κ1) is 26.6. The van der Waals surface area contributed by atoms with Gasteiger partial charge in [0.05, 0.1) is 18.3 Å². The summed E-state index contributed by atoms with van der Waals surface area (Å²) in [6.45, 7) is 1.48. The number of carbonyl (C=O) groups is 2. The van der Waals surface area contributed by atoms with Gasteiger partial charge < -0.3 is 26.8 Å². The second-order valence-electron chi connectivity index (χ2n) is 7.08. The van der Waals surface area contributed by atoms with Gasteiger partial charge in [-0.25, -0.2) is 13.1 Å². The molecule has 0 radical (unpaired) electrons. The smallest absolute Gasteiger partial charge is 0.239 e. The molecule has 0 bridgehead atoms. The van der Waals surface area contributed by atoms with Crippen LogP contribution < -0.4 is 26.4 Å². The number of hydrogen-bond acceptors (Lipinski definition) is 6. The highest BCUT2D eigenvalue weighted by Crippen LogP contribution is 2.09. The minimum atomic E-state index is -3.65. The summed E-state index contributed by atoms with van der Waals surface area (Å²) < 4.78 is 26.3. The zero-order valence-electron chi connectivity index (χ0n) is 18.1. The van der Waals surface area contributed by atoms with Crippen molar-refractivity contribution in [2.75, 3.05) is 32.5 Å². The van der Waals surface area contributed by atoms with E-state index in [1.54, 1.807) is 7.05 Å². The van der Waals surface area contributed by atoms with Crippen LogP contribution in [0.15, 0.2) is 28.8 Å². The van der Waals surface area contributed by atoms with Gasteiger partial charge in [0.25, 0.3) is 0 Å². The van der Waals surface area contributed by atoms with E-state index >= 15 is 0 Å². The first-order valence-corrected chi connectivity index (χ1v) is 11.9. The summed E-state index contributed by atoms with van der Waals surface area (Å²) in [6.07, 6.45) is 7.51. The largest absolute Gasteiger partial charge is 0.396 e. The Morgan fingerprint density at radius 2 is 2.10 bits per heavy atom. The van der Waals surface area contributed by atoms with Crippen LogP contribution in [0.3, 0.4) is 0 Å². The molecule has 1 aliphatic carbocycles. The summed E-state index contributed by atoms with van der Waals surface area (Å²) in [6, 6.07) is -1.10. The van der Waals surface area contributed by atoms with Crippen LogP contribution in [0.4, 0.5) is 0 Å². The van der Waals surface area contributed by atoms with Crippen LogP contribution >= 0.6 is 0 Å². The molecular weight excluding hydrogens is 424 g/mol. The van der Waals surface area contributed by atoms with Gasteiger partial charge in [0, 0.05) is 20.2 Å². The lowest BCUT2D eigenvalue weighted by Gasteiger charge is -2.19. The minimum absolute atomic E-state index is 0.0343. The second kappa shape index (κ2) is 13.8. The molecule has 176 valence electrons. The Labute approximate surface area is 183 Å². The maximum atomic E-state index is 12.3. The fourth-order valence-corrected chi connectivity index (χ4v) is 4.14. The Balaban J connectivity index is 2.43. The summed E-state index contributed by atoms with van der Waals surface area (Å²) in [4.78, 5) is 28.1. The molecular formula is C19H34N6O5S. The first-order chi connectivity index (χ1) is 14.7. The molecule has 2 amide bonds. The molecule has 0 saturated heterocycles. The van der Waals surface area contributed by atoms with Crippen LogP contribution in [-0.2, 0) is 19.6 Å². The number of nitrogens with one attached hydrogen (secondary N) is 4. The molecule has 2 atom stereocenters. The predicted octanol–water partition coefficient (Wildman–Crippen LogP) is -1.52. The molecule has 1 rings (SSSR count). The van der Waals surface area contributed by atoms with Gasteiger partial charge >= 0.3 is 0 Å².